The van der Waals surface area contributed by atoms with Crippen molar-refractivity contribution in [1.29, 1.82) is 0 Å². The quantitative estimate of drug-likeness (QED) is 0.556. The molecule has 1 N–H and O–H groups in total. The first-order valence-electron chi connectivity index (χ1n) is 7.26. The molecule has 0 fully saturated rings. The molecule has 0 saturated carbocycles. The third-order valence-corrected chi connectivity index (χ3v) is 4.65. The Hall–Kier alpha value is -2.31. The van der Waals surface area contributed by atoms with Crippen LogP contribution in [0.5, 0.6) is 0 Å². The average Bonchev–Trinajstić information content (AvgIpc) is 3.10. The van der Waals surface area contributed by atoms with Gasteiger partial charge in [-0.3, -0.25) is 9.89 Å². The molecule has 5 nitrogen and oxygen atoms in total. The lowest BCUT2D eigenvalue weighted by atomic mass is 10.2. The number of nitrogens with zero attached hydrogens (tertiary/aromatic N) is 3. The van der Waals surface area contributed by atoms with E-state index < -0.39 is 4.71 Å². The topological polar surface area (TPSA) is 61.9 Å². The summed E-state index contributed by atoms with van der Waals surface area (Å²) in [6, 6.07) is 19.0. The maximum Gasteiger partial charge on any atom is 0.255 e. The van der Waals surface area contributed by atoms with E-state index in [1.807, 2.05) is 60.7 Å². The standard InChI is InChI=1S/C17H15ClN4OS/c1-22(13-10-6-3-7-11-13)16(23)14(18)24-17-19-15(20-21-17)12-8-4-2-5-9-12/h2-11,14H,1H3,(H,19,20,21). The molecule has 0 aliphatic rings. The van der Waals surface area contributed by atoms with Gasteiger partial charge in [-0.25, -0.2) is 4.98 Å². The van der Waals surface area contributed by atoms with Gasteiger partial charge in [0.15, 0.2) is 10.5 Å². The number of nitrogens with one attached hydrogen (secondary N) is 1. The molecule has 2 aromatic carbocycles. The van der Waals surface area contributed by atoms with Crippen LogP contribution in [0, 0.1) is 0 Å². The summed E-state index contributed by atoms with van der Waals surface area (Å²) in [5, 5.41) is 7.41. The molecular weight excluding hydrogens is 344 g/mol. The number of aromatic amines is 1. The second-order valence-corrected chi connectivity index (χ2v) is 6.77. The smallest absolute Gasteiger partial charge is 0.255 e. The highest BCUT2D eigenvalue weighted by molar-refractivity contribution is 8.01. The van der Waals surface area contributed by atoms with Crippen LogP contribution in [0.25, 0.3) is 11.4 Å². The molecule has 0 radical (unpaired) electrons. The first-order valence-corrected chi connectivity index (χ1v) is 8.58. The SMILES string of the molecule is CN(C(=O)C(Cl)Sc1n[nH]c(-c2ccccc2)n1)c1ccccc1. The molecule has 1 heterocycles. The second-order valence-electron chi connectivity index (χ2n) is 5.00. The third-order valence-electron chi connectivity index (χ3n) is 3.39. The van der Waals surface area contributed by atoms with Crippen LogP contribution in [0.1, 0.15) is 0 Å². The summed E-state index contributed by atoms with van der Waals surface area (Å²) in [5.74, 6) is 0.421. The van der Waals surface area contributed by atoms with Gasteiger partial charge in [0.2, 0.25) is 5.16 Å². The van der Waals surface area contributed by atoms with Crippen LogP contribution in [0.4, 0.5) is 5.69 Å². The lowest BCUT2D eigenvalue weighted by Gasteiger charge is -2.19. The van der Waals surface area contributed by atoms with Crippen molar-refractivity contribution in [2.24, 2.45) is 0 Å². The van der Waals surface area contributed by atoms with E-state index in [2.05, 4.69) is 15.2 Å². The molecule has 1 aromatic heterocycles. The predicted octanol–water partition coefficient (Wildman–Crippen LogP) is 3.79. The van der Waals surface area contributed by atoms with Gasteiger partial charge >= 0.3 is 0 Å². The summed E-state index contributed by atoms with van der Waals surface area (Å²) in [5.41, 5.74) is 1.71. The van der Waals surface area contributed by atoms with Crippen molar-refractivity contribution in [2.75, 3.05) is 11.9 Å². The lowest BCUT2D eigenvalue weighted by Crippen LogP contribution is -2.32. The fourth-order valence-electron chi connectivity index (χ4n) is 2.10. The maximum absolute atomic E-state index is 12.4. The molecule has 1 unspecified atom stereocenters. The van der Waals surface area contributed by atoms with Crippen LogP contribution in [-0.4, -0.2) is 32.8 Å². The van der Waals surface area contributed by atoms with E-state index in [1.165, 1.54) is 4.90 Å². The Morgan fingerprint density at radius 1 is 1.12 bits per heavy atom. The zero-order chi connectivity index (χ0) is 16.9. The van der Waals surface area contributed by atoms with Gasteiger partial charge in [0, 0.05) is 18.3 Å². The number of hydrogen-bond acceptors (Lipinski definition) is 4. The predicted molar refractivity (Wildman–Crippen MR) is 97.2 cm³/mol. The van der Waals surface area contributed by atoms with Gasteiger partial charge in [-0.2, -0.15) is 0 Å². The minimum atomic E-state index is -0.811. The molecule has 0 spiro atoms. The van der Waals surface area contributed by atoms with Crippen LogP contribution in [0.2, 0.25) is 0 Å². The maximum atomic E-state index is 12.4. The van der Waals surface area contributed by atoms with Crippen molar-refractivity contribution in [2.45, 2.75) is 9.87 Å². The minimum absolute atomic E-state index is 0.223. The van der Waals surface area contributed by atoms with Gasteiger partial charge < -0.3 is 4.90 Å². The molecule has 0 aliphatic heterocycles. The number of aromatic nitrogens is 3. The van der Waals surface area contributed by atoms with Crippen molar-refractivity contribution in [1.82, 2.24) is 15.2 Å². The minimum Gasteiger partial charge on any atom is -0.313 e. The number of hydrogen-bond donors (Lipinski definition) is 1. The van der Waals surface area contributed by atoms with Crippen LogP contribution >= 0.6 is 23.4 Å². The zero-order valence-electron chi connectivity index (χ0n) is 12.9. The van der Waals surface area contributed by atoms with Crippen molar-refractivity contribution >= 4 is 35.0 Å². The lowest BCUT2D eigenvalue weighted by molar-refractivity contribution is -0.116. The number of carbonyl (C=O) groups excluding carboxylic acids is 1. The summed E-state index contributed by atoms with van der Waals surface area (Å²) in [4.78, 5) is 18.3. The number of carbonyl (C=O) groups is 1. The second kappa shape index (κ2) is 7.51. The highest BCUT2D eigenvalue weighted by atomic mass is 35.5. The number of H-pyrrole nitrogens is 1. The highest BCUT2D eigenvalue weighted by Gasteiger charge is 2.23. The van der Waals surface area contributed by atoms with Gasteiger partial charge in [-0.1, -0.05) is 71.9 Å². The number of amides is 1. The Morgan fingerprint density at radius 2 is 1.75 bits per heavy atom. The Kier molecular flexibility index (Phi) is 5.17. The number of rotatable bonds is 5. The van der Waals surface area contributed by atoms with E-state index in [4.69, 9.17) is 11.6 Å². The largest absolute Gasteiger partial charge is 0.313 e. The molecular formula is C17H15ClN4OS. The van der Waals surface area contributed by atoms with Crippen molar-refractivity contribution in [3.8, 4) is 11.4 Å². The summed E-state index contributed by atoms with van der Waals surface area (Å²) in [6.07, 6.45) is 0. The summed E-state index contributed by atoms with van der Waals surface area (Å²) in [6.45, 7) is 0. The number of thioether (sulfide) groups is 1. The zero-order valence-corrected chi connectivity index (χ0v) is 14.5. The van der Waals surface area contributed by atoms with E-state index in [9.17, 15) is 4.79 Å². The molecule has 3 aromatic rings. The normalized spacial score (nSPS) is 11.9. The average molecular weight is 359 g/mol. The van der Waals surface area contributed by atoms with Crippen LogP contribution in [0.3, 0.4) is 0 Å². The van der Waals surface area contributed by atoms with E-state index >= 15 is 0 Å². The number of alkyl halides is 1. The molecule has 3 rings (SSSR count). The number of halogens is 1. The van der Waals surface area contributed by atoms with Crippen LogP contribution in [-0.2, 0) is 4.79 Å². The first-order chi connectivity index (χ1) is 11.6. The molecule has 0 bridgehead atoms. The van der Waals surface area contributed by atoms with Crippen molar-refractivity contribution in [3.05, 3.63) is 60.7 Å². The summed E-state index contributed by atoms with van der Waals surface area (Å²) >= 11 is 7.35. The molecule has 24 heavy (non-hydrogen) atoms. The van der Waals surface area contributed by atoms with Gasteiger partial charge in [-0.05, 0) is 12.1 Å². The number of para-hydroxylation sites is 1. The Bertz CT molecular complexity index is 810. The molecule has 1 atom stereocenters. The van der Waals surface area contributed by atoms with E-state index in [0.29, 0.717) is 11.0 Å². The van der Waals surface area contributed by atoms with Crippen molar-refractivity contribution in [3.63, 3.8) is 0 Å². The fourth-order valence-corrected chi connectivity index (χ4v) is 3.17. The van der Waals surface area contributed by atoms with Gasteiger partial charge in [0.05, 0.1) is 0 Å². The van der Waals surface area contributed by atoms with Gasteiger partial charge in [0.25, 0.3) is 5.91 Å². The molecule has 1 amide bonds. The number of anilines is 1. The number of benzene rings is 2. The van der Waals surface area contributed by atoms with E-state index in [1.54, 1.807) is 7.05 Å². The van der Waals surface area contributed by atoms with Crippen molar-refractivity contribution < 1.29 is 4.79 Å². The summed E-state index contributed by atoms with van der Waals surface area (Å²) < 4.78 is -0.811. The highest BCUT2D eigenvalue weighted by Crippen LogP contribution is 2.27. The molecule has 7 heteroatoms. The summed E-state index contributed by atoms with van der Waals surface area (Å²) in [7, 11) is 1.70. The van der Waals surface area contributed by atoms with E-state index in [-0.39, 0.29) is 5.91 Å². The Balaban J connectivity index is 1.68. The molecule has 0 saturated heterocycles. The van der Waals surface area contributed by atoms with Gasteiger partial charge in [0.1, 0.15) is 0 Å². The van der Waals surface area contributed by atoms with E-state index in [0.717, 1.165) is 23.0 Å². The van der Waals surface area contributed by atoms with Gasteiger partial charge in [-0.15, -0.1) is 5.10 Å². The molecule has 122 valence electrons. The van der Waals surface area contributed by atoms with Crippen LogP contribution < -0.4 is 4.90 Å². The molecule has 0 aliphatic carbocycles. The monoisotopic (exact) mass is 358 g/mol. The fraction of sp³-hybridized carbons (Fsp3) is 0.118. The Labute approximate surface area is 149 Å². The third kappa shape index (κ3) is 3.77. The first kappa shape index (κ1) is 16.5. The van der Waals surface area contributed by atoms with Crippen LogP contribution in [0.15, 0.2) is 65.8 Å². The Morgan fingerprint density at radius 3 is 2.42 bits per heavy atom.